The fourth-order valence-corrected chi connectivity index (χ4v) is 15.2. The van der Waals surface area contributed by atoms with Gasteiger partial charge in [-0.05, 0) is 112 Å². The van der Waals surface area contributed by atoms with Crippen LogP contribution in [0.1, 0.15) is 106 Å². The Labute approximate surface area is 432 Å². The molecule has 5 saturated heterocycles. The van der Waals surface area contributed by atoms with Crippen molar-refractivity contribution in [1.29, 1.82) is 0 Å². The Hall–Kier alpha value is -1.14. The van der Waals surface area contributed by atoms with E-state index in [0.29, 0.717) is 49.9 Å². The van der Waals surface area contributed by atoms with Crippen molar-refractivity contribution in [3.8, 4) is 0 Å². The minimum atomic E-state index is -1.75. The van der Waals surface area contributed by atoms with Crippen molar-refractivity contribution in [3.63, 3.8) is 0 Å². The van der Waals surface area contributed by atoms with Crippen LogP contribution in [0.15, 0.2) is 11.6 Å². The Balaban J connectivity index is 0.832. The van der Waals surface area contributed by atoms with E-state index in [1.54, 1.807) is 0 Å². The summed E-state index contributed by atoms with van der Waals surface area (Å²) in [5.41, 5.74) is 1.11. The van der Waals surface area contributed by atoms with Crippen LogP contribution in [0, 0.1) is 46.3 Å². The van der Waals surface area contributed by atoms with Gasteiger partial charge in [-0.3, -0.25) is 0 Å². The minimum Gasteiger partial charge on any atom is -0.394 e. The number of hydrogen-bond donors (Lipinski definition) is 13. The van der Waals surface area contributed by atoms with Gasteiger partial charge in [0, 0.05) is 12.3 Å². The van der Waals surface area contributed by atoms with Crippen molar-refractivity contribution >= 4 is 0 Å². The Kier molecular flexibility index (Phi) is 17.4. The lowest BCUT2D eigenvalue weighted by Gasteiger charge is -2.58. The molecule has 5 aliphatic heterocycles. The van der Waals surface area contributed by atoms with E-state index in [0.717, 1.165) is 32.1 Å². The van der Waals surface area contributed by atoms with E-state index in [9.17, 15) is 66.4 Å². The molecule has 0 radical (unpaired) electrons. The quantitative estimate of drug-likeness (QED) is 0.0823. The number of fused-ring (bicyclic) bond motifs is 7. The van der Waals surface area contributed by atoms with Crippen molar-refractivity contribution in [1.82, 2.24) is 0 Å². The second-order valence-electron chi connectivity index (χ2n) is 24.2. The Bertz CT molecular complexity index is 1920. The summed E-state index contributed by atoms with van der Waals surface area (Å²) in [6.45, 7) is 10.8. The molecule has 3 saturated carbocycles. The van der Waals surface area contributed by atoms with Crippen LogP contribution >= 0.6 is 0 Å². The first-order chi connectivity index (χ1) is 35.0. The molecular formula is C52H86O22. The zero-order valence-electron chi connectivity index (χ0n) is 43.4. The second kappa shape index (κ2) is 22.4. The average molecular weight is 1060 g/mol. The van der Waals surface area contributed by atoms with Gasteiger partial charge in [0.2, 0.25) is 0 Å². The van der Waals surface area contributed by atoms with Gasteiger partial charge in [0.15, 0.2) is 30.9 Å². The van der Waals surface area contributed by atoms with Crippen LogP contribution in [0.5, 0.6) is 0 Å². The van der Waals surface area contributed by atoms with Crippen LogP contribution in [0.25, 0.3) is 0 Å². The third-order valence-electron chi connectivity index (χ3n) is 19.7. The predicted molar refractivity (Wildman–Crippen MR) is 253 cm³/mol. The maximum Gasteiger partial charge on any atom is 0.187 e. The highest BCUT2D eigenvalue weighted by atomic mass is 16.8. The average Bonchev–Trinajstić information content (AvgIpc) is 3.81. The first-order valence-electron chi connectivity index (χ1n) is 27.3. The number of aliphatic hydroxyl groups excluding tert-OH is 12. The second-order valence-corrected chi connectivity index (χ2v) is 24.2. The molecule has 0 spiro atoms. The number of aliphatic hydroxyl groups is 13. The van der Waals surface area contributed by atoms with Crippen molar-refractivity contribution in [2.45, 2.75) is 247 Å². The van der Waals surface area contributed by atoms with Gasteiger partial charge in [-0.1, -0.05) is 39.3 Å². The summed E-state index contributed by atoms with van der Waals surface area (Å²) in [6, 6.07) is 0. The summed E-state index contributed by atoms with van der Waals surface area (Å²) in [6.07, 6.45) is -19.3. The van der Waals surface area contributed by atoms with Crippen LogP contribution in [0.4, 0.5) is 0 Å². The monoisotopic (exact) mass is 1060 g/mol. The molecule has 22 heteroatoms. The zero-order chi connectivity index (χ0) is 53.5. The smallest absolute Gasteiger partial charge is 0.187 e. The fraction of sp³-hybridized carbons (Fsp3) is 0.962. The summed E-state index contributed by atoms with van der Waals surface area (Å²) in [4.78, 5) is 0. The van der Waals surface area contributed by atoms with Crippen LogP contribution in [0.3, 0.4) is 0 Å². The summed E-state index contributed by atoms with van der Waals surface area (Å²) < 4.78 is 54.6. The predicted octanol–water partition coefficient (Wildman–Crippen LogP) is -1.59. The lowest BCUT2D eigenvalue weighted by molar-refractivity contribution is -0.388. The van der Waals surface area contributed by atoms with Gasteiger partial charge in [-0.15, -0.1) is 0 Å². The number of allylic oxidation sites excluding steroid dienone is 1. The number of hydrogen-bond acceptors (Lipinski definition) is 22. The van der Waals surface area contributed by atoms with Crippen LogP contribution < -0.4 is 0 Å². The molecule has 4 aliphatic carbocycles. The van der Waals surface area contributed by atoms with Gasteiger partial charge in [-0.25, -0.2) is 0 Å². The molecule has 0 amide bonds. The van der Waals surface area contributed by atoms with E-state index in [1.165, 1.54) is 19.4 Å². The molecule has 31 atom stereocenters. The Morgan fingerprint density at radius 3 is 1.88 bits per heavy atom. The Morgan fingerprint density at radius 2 is 1.24 bits per heavy atom. The van der Waals surface area contributed by atoms with Crippen molar-refractivity contribution in [3.05, 3.63) is 11.6 Å². The molecule has 0 aromatic heterocycles. The molecular weight excluding hydrogens is 977 g/mol. The molecule has 0 unspecified atom stereocenters. The molecule has 9 rings (SSSR count). The molecule has 426 valence electrons. The zero-order valence-corrected chi connectivity index (χ0v) is 43.4. The summed E-state index contributed by atoms with van der Waals surface area (Å²) >= 11 is 0. The molecule has 8 fully saturated rings. The van der Waals surface area contributed by atoms with Gasteiger partial charge in [0.05, 0.1) is 44.2 Å². The maximum absolute atomic E-state index is 12.1. The molecule has 0 bridgehead atoms. The van der Waals surface area contributed by atoms with E-state index in [2.05, 4.69) is 26.8 Å². The van der Waals surface area contributed by atoms with Crippen LogP contribution in [-0.4, -0.2) is 227 Å². The number of rotatable bonds is 15. The standard InChI is InChI=1S/C52H86O22/c1-21(20-66-46-40(61)39(60)36(57)31(18-53)70-46)8-7-13-52(65)22(2)33-30(74-52)17-29-27-10-9-25-16-26(11-14-50(25,5)28(27)12-15-51(29,33)6)69-49-45(73-48-42(63)38(59)35(56)24(4)68-48)43(64)44(32(19-54)71-49)72-47-41(62)37(58)34(55)23(3)67-47/h9,21-24,26-49,53-65H,7-8,10-20H2,1-6H3/t21-,22+,23+,24+,26+,27-,28+,29+,30+,31-,32-,33+,34+,35+,36-,37-,38-,39+,40-,41-,42-,43+,44-,45-,46-,47+,48+,49-,50+,51+,52-/m1/s1. The highest BCUT2D eigenvalue weighted by Gasteiger charge is 2.68. The fourth-order valence-electron chi connectivity index (χ4n) is 15.2. The lowest BCUT2D eigenvalue weighted by atomic mass is 9.47. The minimum absolute atomic E-state index is 0.0164. The number of ether oxygens (including phenoxy) is 9. The lowest BCUT2D eigenvalue weighted by Crippen LogP contribution is -2.66. The summed E-state index contributed by atoms with van der Waals surface area (Å²) in [7, 11) is 0. The summed E-state index contributed by atoms with van der Waals surface area (Å²) in [5, 5.41) is 138. The highest BCUT2D eigenvalue weighted by molar-refractivity contribution is 5.26. The van der Waals surface area contributed by atoms with E-state index in [4.69, 9.17) is 42.6 Å². The topological polar surface area (TPSA) is 346 Å². The molecule has 22 nitrogen and oxygen atoms in total. The Morgan fingerprint density at radius 1 is 0.649 bits per heavy atom. The first kappa shape index (κ1) is 57.5. The van der Waals surface area contributed by atoms with E-state index in [-0.39, 0.29) is 41.3 Å². The van der Waals surface area contributed by atoms with Crippen LogP contribution in [0.2, 0.25) is 0 Å². The van der Waals surface area contributed by atoms with Gasteiger partial charge >= 0.3 is 0 Å². The largest absolute Gasteiger partial charge is 0.394 e. The van der Waals surface area contributed by atoms with Gasteiger partial charge in [-0.2, -0.15) is 0 Å². The van der Waals surface area contributed by atoms with Crippen LogP contribution in [-0.2, 0) is 42.6 Å². The molecule has 0 aromatic carbocycles. The molecule has 0 aromatic rings. The summed E-state index contributed by atoms with van der Waals surface area (Å²) in [5.74, 6) is 0.0273. The van der Waals surface area contributed by atoms with E-state index in [1.807, 2.05) is 6.92 Å². The first-order valence-corrected chi connectivity index (χ1v) is 27.3. The van der Waals surface area contributed by atoms with Crippen molar-refractivity contribution < 1.29 is 109 Å². The molecule has 5 heterocycles. The van der Waals surface area contributed by atoms with E-state index >= 15 is 0 Å². The molecule has 9 aliphatic rings. The normalized spacial score (nSPS) is 54.9. The third-order valence-corrected chi connectivity index (χ3v) is 19.7. The molecule has 13 N–H and O–H groups in total. The highest BCUT2D eigenvalue weighted by Crippen LogP contribution is 2.70. The van der Waals surface area contributed by atoms with Crippen molar-refractivity contribution in [2.75, 3.05) is 19.8 Å². The van der Waals surface area contributed by atoms with Gasteiger partial charge < -0.3 is 109 Å². The van der Waals surface area contributed by atoms with Gasteiger partial charge in [0.1, 0.15) is 85.5 Å². The SMILES string of the molecule is C[C@H](CCC[C@@]1(O)O[C@H]2C[C@H]3[C@@H]4CC=C5C[C@@H](O[C@@H]6O[C@H](CO)[C@@H](O[C@@H]7O[C@@H](C)[C@H](O)[C@@H](O)[C@H]7O)[C@H](O)[C@H]6O[C@@H]6O[C@@H](C)[C@H](O)[C@@H](O)[C@H]6O)CC[C@]5(C)[C@H]4CC[C@]3(C)[C@H]2[C@@H]1C)CO[C@@H]1O[C@H](CO)[C@@H](O)[C@H](O)[C@H]1O. The maximum atomic E-state index is 12.1. The third kappa shape index (κ3) is 10.3. The van der Waals surface area contributed by atoms with Crippen molar-refractivity contribution in [2.24, 2.45) is 46.3 Å². The van der Waals surface area contributed by atoms with Gasteiger partial charge in [0.25, 0.3) is 0 Å². The molecule has 74 heavy (non-hydrogen) atoms. The van der Waals surface area contributed by atoms with E-state index < -0.39 is 148 Å².